The lowest BCUT2D eigenvalue weighted by molar-refractivity contribution is 0.634. The molecule has 0 spiro atoms. The second kappa shape index (κ2) is 3.11. The highest BCUT2D eigenvalue weighted by molar-refractivity contribution is 5.84. The van der Waals surface area contributed by atoms with Gasteiger partial charge in [0.05, 0.1) is 5.52 Å². The van der Waals surface area contributed by atoms with E-state index in [1.165, 1.54) is 34.9 Å². The van der Waals surface area contributed by atoms with Crippen molar-refractivity contribution in [2.45, 2.75) is 32.4 Å². The fourth-order valence-electron chi connectivity index (χ4n) is 2.55. The Hall–Kier alpha value is -1.28. The van der Waals surface area contributed by atoms with Crippen molar-refractivity contribution in [1.82, 2.24) is 4.57 Å². The molecule has 0 saturated carbocycles. The van der Waals surface area contributed by atoms with Crippen molar-refractivity contribution in [2.75, 3.05) is 0 Å². The minimum Gasteiger partial charge on any atom is -0.347 e. The Morgan fingerprint density at radius 2 is 2.27 bits per heavy atom. The Balaban J connectivity index is 2.31. The van der Waals surface area contributed by atoms with E-state index in [2.05, 4.69) is 29.0 Å². The van der Waals surface area contributed by atoms with E-state index in [9.17, 15) is 0 Å². The summed E-state index contributed by atoms with van der Waals surface area (Å²) in [4.78, 5) is 0. The second-order valence-electron chi connectivity index (χ2n) is 4.52. The van der Waals surface area contributed by atoms with Crippen LogP contribution in [-0.2, 0) is 13.0 Å². The molecule has 0 radical (unpaired) electrons. The third kappa shape index (κ3) is 1.29. The van der Waals surface area contributed by atoms with E-state index in [1.807, 2.05) is 6.92 Å². The Morgan fingerprint density at radius 3 is 3.07 bits per heavy atom. The fraction of sp³-hybridized carbons (Fsp3) is 0.385. The van der Waals surface area contributed by atoms with E-state index in [-0.39, 0.29) is 6.04 Å². The fourth-order valence-corrected chi connectivity index (χ4v) is 2.55. The van der Waals surface area contributed by atoms with Gasteiger partial charge in [0.1, 0.15) is 0 Å². The third-order valence-electron chi connectivity index (χ3n) is 3.33. The summed E-state index contributed by atoms with van der Waals surface area (Å²) in [5.41, 5.74) is 10.1. The maximum absolute atomic E-state index is 5.95. The zero-order valence-electron chi connectivity index (χ0n) is 9.03. The maximum atomic E-state index is 5.95. The maximum Gasteiger partial charge on any atom is 0.0513 e. The molecule has 0 aliphatic carbocycles. The molecule has 78 valence electrons. The summed E-state index contributed by atoms with van der Waals surface area (Å²) in [5, 5.41) is 1.35. The van der Waals surface area contributed by atoms with Gasteiger partial charge in [0.25, 0.3) is 0 Å². The van der Waals surface area contributed by atoms with Gasteiger partial charge >= 0.3 is 0 Å². The number of nitrogens with two attached hydrogens (primary N) is 1. The van der Waals surface area contributed by atoms with Crippen LogP contribution < -0.4 is 5.73 Å². The van der Waals surface area contributed by atoms with Gasteiger partial charge in [-0.15, -0.1) is 0 Å². The minimum atomic E-state index is 0.135. The van der Waals surface area contributed by atoms with Gasteiger partial charge in [-0.1, -0.05) is 6.07 Å². The molecule has 2 heteroatoms. The minimum absolute atomic E-state index is 0.135. The highest BCUT2D eigenvalue weighted by Crippen LogP contribution is 2.29. The van der Waals surface area contributed by atoms with Crippen LogP contribution in [0.5, 0.6) is 0 Å². The van der Waals surface area contributed by atoms with Crippen LogP contribution in [0.3, 0.4) is 0 Å². The molecule has 1 atom stereocenters. The van der Waals surface area contributed by atoms with E-state index in [0.29, 0.717) is 0 Å². The number of benzene rings is 1. The van der Waals surface area contributed by atoms with Gasteiger partial charge < -0.3 is 10.3 Å². The molecule has 2 aromatic rings. The van der Waals surface area contributed by atoms with Crippen LogP contribution >= 0.6 is 0 Å². The molecule has 1 aromatic heterocycles. The van der Waals surface area contributed by atoms with Gasteiger partial charge in [0, 0.05) is 24.2 Å². The molecule has 2 nitrogen and oxygen atoms in total. The van der Waals surface area contributed by atoms with Crippen molar-refractivity contribution in [1.29, 1.82) is 0 Å². The lowest BCUT2D eigenvalue weighted by Gasteiger charge is -2.17. The predicted octanol–water partition coefficient (Wildman–Crippen LogP) is 2.61. The van der Waals surface area contributed by atoms with E-state index < -0.39 is 0 Å². The van der Waals surface area contributed by atoms with Crippen LogP contribution in [0.15, 0.2) is 24.4 Å². The van der Waals surface area contributed by atoms with Crippen molar-refractivity contribution < 1.29 is 0 Å². The van der Waals surface area contributed by atoms with Crippen molar-refractivity contribution in [3.05, 3.63) is 35.5 Å². The highest BCUT2D eigenvalue weighted by atomic mass is 15.0. The van der Waals surface area contributed by atoms with Gasteiger partial charge in [-0.05, 0) is 43.0 Å². The molecule has 3 rings (SSSR count). The average Bonchev–Trinajstić information content (AvgIpc) is 2.64. The number of aromatic nitrogens is 1. The summed E-state index contributed by atoms with van der Waals surface area (Å²) < 4.78 is 2.36. The first-order valence-corrected chi connectivity index (χ1v) is 5.63. The van der Waals surface area contributed by atoms with Gasteiger partial charge in [-0.2, -0.15) is 0 Å². The molecule has 1 aliphatic rings. The summed E-state index contributed by atoms with van der Waals surface area (Å²) in [6.45, 7) is 3.21. The molecule has 15 heavy (non-hydrogen) atoms. The average molecular weight is 200 g/mol. The highest BCUT2D eigenvalue weighted by Gasteiger charge is 2.14. The molecule has 0 fully saturated rings. The normalized spacial score (nSPS) is 16.9. The monoisotopic (exact) mass is 200 g/mol. The first kappa shape index (κ1) is 8.98. The van der Waals surface area contributed by atoms with Crippen molar-refractivity contribution in [3.8, 4) is 0 Å². The number of rotatable bonds is 1. The quantitative estimate of drug-likeness (QED) is 0.753. The van der Waals surface area contributed by atoms with Crippen molar-refractivity contribution >= 4 is 10.9 Å². The Kier molecular flexibility index (Phi) is 1.86. The number of aryl methyl sites for hydroxylation is 2. The Bertz CT molecular complexity index is 508. The molecule has 2 heterocycles. The second-order valence-corrected chi connectivity index (χ2v) is 4.52. The molecule has 0 saturated heterocycles. The summed E-state index contributed by atoms with van der Waals surface area (Å²) in [6.07, 6.45) is 4.64. The molecular formula is C13H16N2. The topological polar surface area (TPSA) is 30.9 Å². The van der Waals surface area contributed by atoms with E-state index in [0.717, 1.165) is 6.54 Å². The molecule has 0 bridgehead atoms. The summed E-state index contributed by atoms with van der Waals surface area (Å²) in [6, 6.07) is 6.85. The van der Waals surface area contributed by atoms with Gasteiger partial charge in [0.2, 0.25) is 0 Å². The zero-order chi connectivity index (χ0) is 10.4. The predicted molar refractivity (Wildman–Crippen MR) is 62.9 cm³/mol. The SMILES string of the molecule is CC(N)c1cc2c3c(ccn3CCC2)c1. The Morgan fingerprint density at radius 1 is 1.40 bits per heavy atom. The van der Waals surface area contributed by atoms with Crippen LogP contribution in [-0.4, -0.2) is 4.57 Å². The zero-order valence-corrected chi connectivity index (χ0v) is 9.03. The molecule has 1 aromatic carbocycles. The van der Waals surface area contributed by atoms with Gasteiger partial charge in [0.15, 0.2) is 0 Å². The lowest BCUT2D eigenvalue weighted by Crippen LogP contribution is -2.09. The van der Waals surface area contributed by atoms with Crippen LogP contribution in [0.2, 0.25) is 0 Å². The van der Waals surface area contributed by atoms with E-state index in [1.54, 1.807) is 0 Å². The van der Waals surface area contributed by atoms with Crippen LogP contribution in [0.4, 0.5) is 0 Å². The first-order valence-electron chi connectivity index (χ1n) is 5.63. The van der Waals surface area contributed by atoms with Crippen LogP contribution in [0.1, 0.15) is 30.5 Å². The van der Waals surface area contributed by atoms with Gasteiger partial charge in [-0.25, -0.2) is 0 Å². The number of hydrogen-bond donors (Lipinski definition) is 1. The largest absolute Gasteiger partial charge is 0.347 e. The molecule has 0 amide bonds. The molecule has 2 N–H and O–H groups in total. The molecular weight excluding hydrogens is 184 g/mol. The lowest BCUT2D eigenvalue weighted by atomic mass is 9.98. The number of nitrogens with zero attached hydrogens (tertiary/aromatic N) is 1. The third-order valence-corrected chi connectivity index (χ3v) is 3.33. The smallest absolute Gasteiger partial charge is 0.0513 e. The van der Waals surface area contributed by atoms with Gasteiger partial charge in [-0.3, -0.25) is 0 Å². The molecule has 1 aliphatic heterocycles. The summed E-state index contributed by atoms with van der Waals surface area (Å²) in [5.74, 6) is 0. The van der Waals surface area contributed by atoms with Crippen LogP contribution in [0, 0.1) is 0 Å². The first-order chi connectivity index (χ1) is 7.25. The summed E-state index contributed by atoms with van der Waals surface area (Å²) in [7, 11) is 0. The van der Waals surface area contributed by atoms with Crippen LogP contribution in [0.25, 0.3) is 10.9 Å². The molecule has 1 unspecified atom stereocenters. The Labute approximate surface area is 89.7 Å². The summed E-state index contributed by atoms with van der Waals surface area (Å²) >= 11 is 0. The van der Waals surface area contributed by atoms with Crippen molar-refractivity contribution in [2.24, 2.45) is 5.73 Å². The van der Waals surface area contributed by atoms with Crippen molar-refractivity contribution in [3.63, 3.8) is 0 Å². The standard InChI is InChI=1S/C13H16N2/c1-9(14)12-7-10-3-2-5-15-6-4-11(8-12)13(10)15/h4,6-9H,2-3,5,14H2,1H3. The number of hydrogen-bond acceptors (Lipinski definition) is 1. The van der Waals surface area contributed by atoms with E-state index in [4.69, 9.17) is 5.73 Å². The van der Waals surface area contributed by atoms with E-state index >= 15 is 0 Å².